The maximum atomic E-state index is 10.4. The number of nitrogens with two attached hydrogens (primary N) is 1. The van der Waals surface area contributed by atoms with Gasteiger partial charge in [0, 0.05) is 4.47 Å². The SMILES string of the molecule is Cc1cc(OCC(N)C(=O)O)ccc1Br. The normalized spacial score (nSPS) is 12.2. The van der Waals surface area contributed by atoms with E-state index in [4.69, 9.17) is 15.6 Å². The molecule has 4 nitrogen and oxygen atoms in total. The Labute approximate surface area is 96.2 Å². The van der Waals surface area contributed by atoms with Gasteiger partial charge >= 0.3 is 5.97 Å². The summed E-state index contributed by atoms with van der Waals surface area (Å²) in [7, 11) is 0. The Hall–Kier alpha value is -1.07. The second-order valence-corrected chi connectivity index (χ2v) is 4.02. The standard InChI is InChI=1S/C10H12BrNO3/c1-6-4-7(2-3-8(6)11)15-5-9(12)10(13)14/h2-4,9H,5,12H2,1H3,(H,13,14). The zero-order chi connectivity index (χ0) is 11.4. The molecule has 0 aromatic heterocycles. The lowest BCUT2D eigenvalue weighted by Crippen LogP contribution is -2.36. The van der Waals surface area contributed by atoms with Crippen molar-refractivity contribution in [2.45, 2.75) is 13.0 Å². The number of rotatable bonds is 4. The summed E-state index contributed by atoms with van der Waals surface area (Å²) in [6.45, 7) is 1.89. The number of aliphatic carboxylic acids is 1. The van der Waals surface area contributed by atoms with E-state index in [-0.39, 0.29) is 6.61 Å². The van der Waals surface area contributed by atoms with Gasteiger partial charge in [-0.25, -0.2) is 0 Å². The average Bonchev–Trinajstić information content (AvgIpc) is 2.19. The van der Waals surface area contributed by atoms with Crippen molar-refractivity contribution < 1.29 is 14.6 Å². The highest BCUT2D eigenvalue weighted by atomic mass is 79.9. The maximum Gasteiger partial charge on any atom is 0.324 e. The van der Waals surface area contributed by atoms with E-state index in [0.717, 1.165) is 10.0 Å². The van der Waals surface area contributed by atoms with Crippen LogP contribution in [0, 0.1) is 6.92 Å². The van der Waals surface area contributed by atoms with Crippen LogP contribution in [0.15, 0.2) is 22.7 Å². The summed E-state index contributed by atoms with van der Waals surface area (Å²) in [4.78, 5) is 10.4. The summed E-state index contributed by atoms with van der Waals surface area (Å²) in [5, 5.41) is 8.55. The molecular formula is C10H12BrNO3. The lowest BCUT2D eigenvalue weighted by molar-refractivity contribution is -0.139. The molecule has 0 bridgehead atoms. The van der Waals surface area contributed by atoms with E-state index in [1.807, 2.05) is 19.1 Å². The van der Waals surface area contributed by atoms with Gasteiger partial charge < -0.3 is 15.6 Å². The van der Waals surface area contributed by atoms with Crippen LogP contribution < -0.4 is 10.5 Å². The topological polar surface area (TPSA) is 72.5 Å². The number of hydrogen-bond donors (Lipinski definition) is 2. The van der Waals surface area contributed by atoms with E-state index in [1.165, 1.54) is 0 Å². The van der Waals surface area contributed by atoms with Crippen molar-refractivity contribution in [3.05, 3.63) is 28.2 Å². The molecule has 0 aliphatic rings. The van der Waals surface area contributed by atoms with Crippen LogP contribution in [0.1, 0.15) is 5.56 Å². The van der Waals surface area contributed by atoms with Gasteiger partial charge in [-0.3, -0.25) is 4.79 Å². The molecule has 0 saturated heterocycles. The lowest BCUT2D eigenvalue weighted by Gasteiger charge is -2.10. The molecule has 82 valence electrons. The van der Waals surface area contributed by atoms with Gasteiger partial charge in [-0.15, -0.1) is 0 Å². The van der Waals surface area contributed by atoms with Crippen LogP contribution >= 0.6 is 15.9 Å². The Bertz CT molecular complexity index is 368. The van der Waals surface area contributed by atoms with E-state index < -0.39 is 12.0 Å². The Kier molecular flexibility index (Phi) is 4.11. The van der Waals surface area contributed by atoms with Gasteiger partial charge in [0.1, 0.15) is 18.4 Å². The van der Waals surface area contributed by atoms with Crippen LogP contribution in [-0.4, -0.2) is 23.7 Å². The van der Waals surface area contributed by atoms with E-state index in [9.17, 15) is 4.79 Å². The minimum absolute atomic E-state index is 0.0313. The smallest absolute Gasteiger partial charge is 0.324 e. The Morgan fingerprint density at radius 2 is 2.33 bits per heavy atom. The van der Waals surface area contributed by atoms with Crippen LogP contribution in [0.3, 0.4) is 0 Å². The van der Waals surface area contributed by atoms with Gasteiger partial charge in [0.15, 0.2) is 0 Å². The molecule has 0 saturated carbocycles. The molecule has 1 atom stereocenters. The summed E-state index contributed by atoms with van der Waals surface area (Å²) >= 11 is 3.36. The zero-order valence-corrected chi connectivity index (χ0v) is 9.82. The van der Waals surface area contributed by atoms with Crippen LogP contribution in [-0.2, 0) is 4.79 Å². The van der Waals surface area contributed by atoms with E-state index in [2.05, 4.69) is 15.9 Å². The van der Waals surface area contributed by atoms with Crippen LogP contribution in [0.4, 0.5) is 0 Å². The highest BCUT2D eigenvalue weighted by molar-refractivity contribution is 9.10. The molecule has 1 aromatic carbocycles. The van der Waals surface area contributed by atoms with Crippen molar-refractivity contribution in [3.63, 3.8) is 0 Å². The van der Waals surface area contributed by atoms with Crippen molar-refractivity contribution in [2.24, 2.45) is 5.73 Å². The van der Waals surface area contributed by atoms with Gasteiger partial charge in [-0.05, 0) is 30.7 Å². The number of hydrogen-bond acceptors (Lipinski definition) is 3. The number of ether oxygens (including phenoxy) is 1. The molecule has 0 fully saturated rings. The molecule has 0 aliphatic heterocycles. The van der Waals surface area contributed by atoms with Crippen LogP contribution in [0.5, 0.6) is 5.75 Å². The Balaban J connectivity index is 2.58. The first-order valence-corrected chi connectivity index (χ1v) is 5.17. The quantitative estimate of drug-likeness (QED) is 0.873. The molecule has 15 heavy (non-hydrogen) atoms. The number of halogens is 1. The number of carbonyl (C=O) groups is 1. The van der Waals surface area contributed by atoms with Gasteiger partial charge in [-0.1, -0.05) is 15.9 Å². The van der Waals surface area contributed by atoms with E-state index in [1.54, 1.807) is 6.07 Å². The molecule has 0 aliphatic carbocycles. The van der Waals surface area contributed by atoms with E-state index in [0.29, 0.717) is 5.75 Å². The van der Waals surface area contributed by atoms with Crippen molar-refractivity contribution >= 4 is 21.9 Å². The third kappa shape index (κ3) is 3.53. The second-order valence-electron chi connectivity index (χ2n) is 3.17. The van der Waals surface area contributed by atoms with Gasteiger partial charge in [-0.2, -0.15) is 0 Å². The molecule has 1 aromatic rings. The monoisotopic (exact) mass is 273 g/mol. The number of aryl methyl sites for hydroxylation is 1. The van der Waals surface area contributed by atoms with Gasteiger partial charge in [0.2, 0.25) is 0 Å². The molecule has 0 spiro atoms. The van der Waals surface area contributed by atoms with Gasteiger partial charge in [0.05, 0.1) is 0 Å². The number of carboxylic acid groups (broad SMARTS) is 1. The molecule has 3 N–H and O–H groups in total. The summed E-state index contributed by atoms with van der Waals surface area (Å²) in [6.07, 6.45) is 0. The molecule has 0 amide bonds. The predicted molar refractivity (Wildman–Crippen MR) is 60.0 cm³/mol. The molecular weight excluding hydrogens is 262 g/mol. The summed E-state index contributed by atoms with van der Waals surface area (Å²) in [5.41, 5.74) is 6.32. The first-order valence-electron chi connectivity index (χ1n) is 4.38. The summed E-state index contributed by atoms with van der Waals surface area (Å²) in [5.74, 6) is -0.448. The van der Waals surface area contributed by atoms with Crippen molar-refractivity contribution in [1.29, 1.82) is 0 Å². The van der Waals surface area contributed by atoms with Gasteiger partial charge in [0.25, 0.3) is 0 Å². The first kappa shape index (κ1) is 12.0. The molecule has 0 heterocycles. The van der Waals surface area contributed by atoms with E-state index >= 15 is 0 Å². The number of carboxylic acids is 1. The predicted octanol–water partition coefficient (Wildman–Crippen LogP) is 1.55. The minimum Gasteiger partial charge on any atom is -0.491 e. The fourth-order valence-corrected chi connectivity index (χ4v) is 1.21. The summed E-state index contributed by atoms with van der Waals surface area (Å²) in [6, 6.07) is 4.43. The van der Waals surface area contributed by atoms with Crippen molar-refractivity contribution in [3.8, 4) is 5.75 Å². The molecule has 1 rings (SSSR count). The van der Waals surface area contributed by atoms with Crippen LogP contribution in [0.2, 0.25) is 0 Å². The second kappa shape index (κ2) is 5.14. The zero-order valence-electron chi connectivity index (χ0n) is 8.24. The van der Waals surface area contributed by atoms with Crippen molar-refractivity contribution in [2.75, 3.05) is 6.61 Å². The molecule has 0 radical (unpaired) electrons. The fourth-order valence-electron chi connectivity index (χ4n) is 0.964. The first-order chi connectivity index (χ1) is 7.00. The molecule has 5 heteroatoms. The number of benzene rings is 1. The molecule has 1 unspecified atom stereocenters. The highest BCUT2D eigenvalue weighted by Gasteiger charge is 2.11. The third-order valence-electron chi connectivity index (χ3n) is 1.88. The fraction of sp³-hybridized carbons (Fsp3) is 0.300. The average molecular weight is 274 g/mol. The third-order valence-corrected chi connectivity index (χ3v) is 2.77. The largest absolute Gasteiger partial charge is 0.491 e. The van der Waals surface area contributed by atoms with Crippen molar-refractivity contribution in [1.82, 2.24) is 0 Å². The van der Waals surface area contributed by atoms with Crippen LogP contribution in [0.25, 0.3) is 0 Å². The summed E-state index contributed by atoms with van der Waals surface area (Å²) < 4.78 is 6.22. The maximum absolute atomic E-state index is 10.4. The Morgan fingerprint density at radius 1 is 1.67 bits per heavy atom. The lowest BCUT2D eigenvalue weighted by atomic mass is 10.2. The highest BCUT2D eigenvalue weighted by Crippen LogP contribution is 2.21. The Morgan fingerprint density at radius 3 is 2.87 bits per heavy atom. The minimum atomic E-state index is -1.07.